The van der Waals surface area contributed by atoms with Gasteiger partial charge in [-0.25, -0.2) is 0 Å². The van der Waals surface area contributed by atoms with Gasteiger partial charge in [0.1, 0.15) is 18.1 Å². The molecule has 8 nitrogen and oxygen atoms in total. The van der Waals surface area contributed by atoms with E-state index < -0.39 is 0 Å². The summed E-state index contributed by atoms with van der Waals surface area (Å²) in [4.78, 5) is 12.2. The summed E-state index contributed by atoms with van der Waals surface area (Å²) in [5, 5.41) is 25.1. The maximum Gasteiger partial charge on any atom is 0.251 e. The topological polar surface area (TPSA) is 97.9 Å². The van der Waals surface area contributed by atoms with Crippen LogP contribution in [-0.2, 0) is 13.6 Å². The van der Waals surface area contributed by atoms with Crippen molar-refractivity contribution in [2.24, 2.45) is 7.05 Å². The molecule has 1 aliphatic rings. The number of benzene rings is 1. The summed E-state index contributed by atoms with van der Waals surface area (Å²) in [6.45, 7) is 0.588. The minimum atomic E-state index is -0.120. The van der Waals surface area contributed by atoms with E-state index in [1.807, 2.05) is 28.6 Å². The fraction of sp³-hybridized carbons (Fsp3) is 0.333. The van der Waals surface area contributed by atoms with Crippen LogP contribution in [0.5, 0.6) is 5.75 Å². The average molecular weight is 352 g/mol. The largest absolute Gasteiger partial charge is 0.508 e. The Morgan fingerprint density at radius 3 is 2.73 bits per heavy atom. The number of carbonyl (C=O) groups excluding carboxylic acids is 1. The molecule has 2 heterocycles. The predicted molar refractivity (Wildman–Crippen MR) is 93.7 cm³/mol. The zero-order valence-electron chi connectivity index (χ0n) is 14.4. The molecule has 1 fully saturated rings. The first-order valence-electron chi connectivity index (χ1n) is 8.55. The SMILES string of the molecule is Cn1c(Cn2cccn2)nnc1C1CC(NC(=O)c2ccc(O)cc2)C1. The molecule has 134 valence electrons. The van der Waals surface area contributed by atoms with Gasteiger partial charge in [0, 0.05) is 37.0 Å². The molecule has 1 aliphatic carbocycles. The number of hydrogen-bond acceptors (Lipinski definition) is 5. The van der Waals surface area contributed by atoms with Crippen LogP contribution in [0.3, 0.4) is 0 Å². The summed E-state index contributed by atoms with van der Waals surface area (Å²) in [5.41, 5.74) is 0.548. The van der Waals surface area contributed by atoms with Gasteiger partial charge >= 0.3 is 0 Å². The van der Waals surface area contributed by atoms with E-state index in [-0.39, 0.29) is 17.7 Å². The van der Waals surface area contributed by atoms with E-state index in [4.69, 9.17) is 0 Å². The highest BCUT2D eigenvalue weighted by atomic mass is 16.3. The first-order valence-corrected chi connectivity index (χ1v) is 8.55. The summed E-state index contributed by atoms with van der Waals surface area (Å²) in [6, 6.07) is 8.27. The number of aromatic hydroxyl groups is 1. The number of carbonyl (C=O) groups is 1. The van der Waals surface area contributed by atoms with Crippen LogP contribution in [0, 0.1) is 0 Å². The highest BCUT2D eigenvalue weighted by molar-refractivity contribution is 5.94. The van der Waals surface area contributed by atoms with Crippen molar-refractivity contribution in [1.82, 2.24) is 29.9 Å². The molecule has 0 aliphatic heterocycles. The first kappa shape index (κ1) is 16.3. The van der Waals surface area contributed by atoms with Gasteiger partial charge in [0.15, 0.2) is 5.82 Å². The second-order valence-corrected chi connectivity index (χ2v) is 6.62. The van der Waals surface area contributed by atoms with Crippen LogP contribution < -0.4 is 5.32 Å². The lowest BCUT2D eigenvalue weighted by atomic mass is 9.79. The van der Waals surface area contributed by atoms with Crippen molar-refractivity contribution < 1.29 is 9.90 Å². The zero-order valence-corrected chi connectivity index (χ0v) is 14.4. The smallest absolute Gasteiger partial charge is 0.251 e. The second-order valence-electron chi connectivity index (χ2n) is 6.62. The number of phenolic OH excluding ortho intramolecular Hbond substituents is 1. The lowest BCUT2D eigenvalue weighted by molar-refractivity contribution is 0.0907. The van der Waals surface area contributed by atoms with Crippen molar-refractivity contribution in [2.75, 3.05) is 0 Å². The van der Waals surface area contributed by atoms with Crippen LogP contribution in [0.1, 0.15) is 40.8 Å². The van der Waals surface area contributed by atoms with Crippen LogP contribution in [0.2, 0.25) is 0 Å². The number of amides is 1. The standard InChI is InChI=1S/C18H20N6O2/c1-23-16(11-24-8-2-7-19-24)21-22-17(23)13-9-14(10-13)20-18(26)12-3-5-15(25)6-4-12/h2-8,13-14,25H,9-11H2,1H3,(H,20,26). The molecule has 0 unspecified atom stereocenters. The second kappa shape index (κ2) is 6.62. The lowest BCUT2D eigenvalue weighted by Gasteiger charge is -2.35. The van der Waals surface area contributed by atoms with Gasteiger partial charge in [0.25, 0.3) is 5.91 Å². The van der Waals surface area contributed by atoms with Gasteiger partial charge in [-0.2, -0.15) is 5.10 Å². The Bertz CT molecular complexity index is 894. The van der Waals surface area contributed by atoms with Crippen LogP contribution in [0.4, 0.5) is 0 Å². The summed E-state index contributed by atoms with van der Waals surface area (Å²) >= 11 is 0. The number of rotatable bonds is 5. The first-order chi connectivity index (χ1) is 12.6. The van der Waals surface area contributed by atoms with Gasteiger partial charge in [0.05, 0.1) is 0 Å². The predicted octanol–water partition coefficient (Wildman–Crippen LogP) is 1.44. The summed E-state index contributed by atoms with van der Waals surface area (Å²) in [5.74, 6) is 2.13. The van der Waals surface area contributed by atoms with Gasteiger partial charge in [-0.05, 0) is 43.2 Å². The minimum Gasteiger partial charge on any atom is -0.508 e. The normalized spacial score (nSPS) is 19.1. The molecule has 3 aromatic rings. The van der Waals surface area contributed by atoms with E-state index >= 15 is 0 Å². The molecule has 2 aromatic heterocycles. The maximum atomic E-state index is 12.2. The highest BCUT2D eigenvalue weighted by Gasteiger charge is 2.35. The van der Waals surface area contributed by atoms with Crippen LogP contribution in [-0.4, -0.2) is 41.6 Å². The molecule has 4 rings (SSSR count). The van der Waals surface area contributed by atoms with Gasteiger partial charge in [0.2, 0.25) is 0 Å². The summed E-state index contributed by atoms with van der Waals surface area (Å²) in [7, 11) is 1.97. The molecule has 26 heavy (non-hydrogen) atoms. The molecular formula is C18H20N6O2. The van der Waals surface area contributed by atoms with Gasteiger partial charge < -0.3 is 15.0 Å². The maximum absolute atomic E-state index is 12.2. The zero-order chi connectivity index (χ0) is 18.1. The number of nitrogens with zero attached hydrogens (tertiary/aromatic N) is 5. The third-order valence-electron chi connectivity index (χ3n) is 4.83. The van der Waals surface area contributed by atoms with Gasteiger partial charge in [-0.1, -0.05) is 0 Å². The molecule has 8 heteroatoms. The quantitative estimate of drug-likeness (QED) is 0.724. The molecule has 2 N–H and O–H groups in total. The van der Waals surface area contributed by atoms with Crippen LogP contribution >= 0.6 is 0 Å². The summed E-state index contributed by atoms with van der Waals surface area (Å²) in [6.07, 6.45) is 5.33. The van der Waals surface area contributed by atoms with E-state index in [2.05, 4.69) is 20.6 Å². The van der Waals surface area contributed by atoms with Crippen molar-refractivity contribution in [1.29, 1.82) is 0 Å². The number of phenols is 1. The number of aromatic nitrogens is 5. The minimum absolute atomic E-state index is 0.120. The Morgan fingerprint density at radius 2 is 2.04 bits per heavy atom. The van der Waals surface area contributed by atoms with E-state index in [0.29, 0.717) is 18.0 Å². The summed E-state index contributed by atoms with van der Waals surface area (Å²) < 4.78 is 3.83. The Labute approximate surface area is 150 Å². The molecule has 1 aromatic carbocycles. The highest BCUT2D eigenvalue weighted by Crippen LogP contribution is 2.36. The van der Waals surface area contributed by atoms with Crippen LogP contribution in [0.25, 0.3) is 0 Å². The van der Waals surface area contributed by atoms with Crippen molar-refractivity contribution >= 4 is 5.91 Å². The molecule has 0 atom stereocenters. The number of nitrogens with one attached hydrogen (secondary N) is 1. The Kier molecular flexibility index (Phi) is 4.16. The fourth-order valence-corrected chi connectivity index (χ4v) is 3.24. The van der Waals surface area contributed by atoms with Crippen LogP contribution in [0.15, 0.2) is 42.7 Å². The van der Waals surface area contributed by atoms with E-state index in [9.17, 15) is 9.90 Å². The Hall–Kier alpha value is -3.16. The molecular weight excluding hydrogens is 332 g/mol. The van der Waals surface area contributed by atoms with Crippen molar-refractivity contribution in [3.63, 3.8) is 0 Å². The van der Waals surface area contributed by atoms with Gasteiger partial charge in [-0.3, -0.25) is 9.48 Å². The lowest BCUT2D eigenvalue weighted by Crippen LogP contribution is -2.44. The van der Waals surface area contributed by atoms with E-state index in [1.54, 1.807) is 18.3 Å². The Morgan fingerprint density at radius 1 is 1.27 bits per heavy atom. The monoisotopic (exact) mass is 352 g/mol. The molecule has 1 amide bonds. The molecule has 1 saturated carbocycles. The third kappa shape index (κ3) is 3.17. The van der Waals surface area contributed by atoms with E-state index in [1.165, 1.54) is 12.1 Å². The number of hydrogen-bond donors (Lipinski definition) is 2. The molecule has 0 bridgehead atoms. The van der Waals surface area contributed by atoms with Gasteiger partial charge in [-0.15, -0.1) is 10.2 Å². The molecule has 0 spiro atoms. The third-order valence-corrected chi connectivity index (χ3v) is 4.83. The fourth-order valence-electron chi connectivity index (χ4n) is 3.24. The van der Waals surface area contributed by atoms with E-state index in [0.717, 1.165) is 24.5 Å². The average Bonchev–Trinajstić information content (AvgIpc) is 3.23. The molecule has 0 radical (unpaired) electrons. The molecule has 0 saturated heterocycles. The van der Waals surface area contributed by atoms with Crippen molar-refractivity contribution in [3.8, 4) is 5.75 Å². The van der Waals surface area contributed by atoms with Crippen molar-refractivity contribution in [3.05, 3.63) is 59.9 Å². The van der Waals surface area contributed by atoms with Crippen molar-refractivity contribution in [2.45, 2.75) is 31.3 Å². The Balaban J connectivity index is 1.34.